The molecule has 2 atom stereocenters. The molecule has 0 amide bonds. The molecule has 2 unspecified atom stereocenters. The van der Waals surface area contributed by atoms with Crippen LogP contribution in [0.1, 0.15) is 53.9 Å². The normalized spacial score (nSPS) is 36.4. The van der Waals surface area contributed by atoms with Gasteiger partial charge in [0.2, 0.25) is 0 Å². The minimum Gasteiger partial charge on any atom is -0.399 e. The Kier molecular flexibility index (Phi) is 3.47. The molecule has 2 nitrogen and oxygen atoms in total. The monoisotopic (exact) mass is 211 g/mol. The molecule has 0 radical (unpaired) electrons. The Morgan fingerprint density at radius 1 is 1.27 bits per heavy atom. The molecule has 1 aliphatic carbocycles. The maximum Gasteiger partial charge on any atom is 0.106 e. The van der Waals surface area contributed by atoms with Gasteiger partial charge in [-0.15, -0.1) is 0 Å². The molecule has 0 heterocycles. The van der Waals surface area contributed by atoms with E-state index in [1.54, 1.807) is 7.11 Å². The van der Waals surface area contributed by atoms with Crippen LogP contribution in [0.3, 0.4) is 0 Å². The number of oxime groups is 1. The predicted molar refractivity (Wildman–Crippen MR) is 65.0 cm³/mol. The molecule has 2 heteroatoms. The van der Waals surface area contributed by atoms with Gasteiger partial charge in [-0.3, -0.25) is 0 Å². The first kappa shape index (κ1) is 12.5. The van der Waals surface area contributed by atoms with Gasteiger partial charge < -0.3 is 4.84 Å². The maximum atomic E-state index is 4.91. The van der Waals surface area contributed by atoms with E-state index in [2.05, 4.69) is 39.8 Å². The summed E-state index contributed by atoms with van der Waals surface area (Å²) in [5.41, 5.74) is 1.79. The molecule has 1 rings (SSSR count). The summed E-state index contributed by atoms with van der Waals surface area (Å²) in [4.78, 5) is 4.91. The highest BCUT2D eigenvalue weighted by Gasteiger charge is 2.41. The van der Waals surface area contributed by atoms with Crippen LogP contribution in [0, 0.1) is 16.7 Å². The first-order valence-electron chi connectivity index (χ1n) is 5.87. The van der Waals surface area contributed by atoms with Crippen molar-refractivity contribution in [1.29, 1.82) is 0 Å². The molecule has 15 heavy (non-hydrogen) atoms. The Morgan fingerprint density at radius 3 is 2.33 bits per heavy atom. The summed E-state index contributed by atoms with van der Waals surface area (Å²) in [6.07, 6.45) is 3.76. The lowest BCUT2D eigenvalue weighted by Crippen LogP contribution is -2.39. The van der Waals surface area contributed by atoms with E-state index in [1.165, 1.54) is 19.3 Å². The fraction of sp³-hybridized carbons (Fsp3) is 0.923. The quantitative estimate of drug-likeness (QED) is 0.502. The first-order chi connectivity index (χ1) is 6.79. The Morgan fingerprint density at radius 2 is 1.87 bits per heavy atom. The zero-order chi connectivity index (χ0) is 11.7. The SMILES string of the molecule is CON=C(C)C1(C)CC(C)CC(C)(C)C1. The second-order valence-electron chi connectivity index (χ2n) is 6.27. The number of nitrogens with zero attached hydrogens (tertiary/aromatic N) is 1. The molecule has 0 saturated heterocycles. The van der Waals surface area contributed by atoms with E-state index in [1.807, 2.05) is 0 Å². The summed E-state index contributed by atoms with van der Waals surface area (Å²) in [5, 5.41) is 4.14. The summed E-state index contributed by atoms with van der Waals surface area (Å²) in [5.74, 6) is 0.778. The highest BCUT2D eigenvalue weighted by molar-refractivity contribution is 5.87. The predicted octanol–water partition coefficient (Wildman–Crippen LogP) is 3.86. The van der Waals surface area contributed by atoms with Gasteiger partial charge in [-0.25, -0.2) is 0 Å². The van der Waals surface area contributed by atoms with Crippen LogP contribution in [0.2, 0.25) is 0 Å². The molecule has 1 saturated carbocycles. The standard InChI is InChI=1S/C13H25NO/c1-10-7-12(3,4)9-13(5,8-10)11(2)14-15-6/h10H,7-9H2,1-6H3. The van der Waals surface area contributed by atoms with Crippen molar-refractivity contribution in [3.8, 4) is 0 Å². The third-order valence-electron chi connectivity index (χ3n) is 3.67. The minimum absolute atomic E-state index is 0.219. The first-order valence-corrected chi connectivity index (χ1v) is 5.87. The van der Waals surface area contributed by atoms with Gasteiger partial charge in [-0.1, -0.05) is 32.9 Å². The van der Waals surface area contributed by atoms with Gasteiger partial charge in [-0.05, 0) is 37.5 Å². The van der Waals surface area contributed by atoms with Crippen molar-refractivity contribution in [3.05, 3.63) is 0 Å². The molecule has 0 aliphatic heterocycles. The molecule has 0 N–H and O–H groups in total. The van der Waals surface area contributed by atoms with Crippen molar-refractivity contribution in [2.45, 2.75) is 53.9 Å². The van der Waals surface area contributed by atoms with E-state index in [0.29, 0.717) is 5.41 Å². The van der Waals surface area contributed by atoms with Gasteiger partial charge in [0.15, 0.2) is 0 Å². The average molecular weight is 211 g/mol. The third-order valence-corrected chi connectivity index (χ3v) is 3.67. The van der Waals surface area contributed by atoms with Gasteiger partial charge in [0.1, 0.15) is 7.11 Å². The summed E-state index contributed by atoms with van der Waals surface area (Å²) >= 11 is 0. The van der Waals surface area contributed by atoms with Crippen LogP contribution in [0.5, 0.6) is 0 Å². The molecule has 0 bridgehead atoms. The molecular weight excluding hydrogens is 186 g/mol. The summed E-state index contributed by atoms with van der Waals surface area (Å²) in [6.45, 7) is 11.5. The molecule has 0 aromatic rings. The molecular formula is C13H25NO. The van der Waals surface area contributed by atoms with Crippen LogP contribution in [0.25, 0.3) is 0 Å². The summed E-state index contributed by atoms with van der Waals surface area (Å²) in [7, 11) is 1.63. The second kappa shape index (κ2) is 4.15. The van der Waals surface area contributed by atoms with Crippen LogP contribution in [0.4, 0.5) is 0 Å². The maximum absolute atomic E-state index is 4.91. The van der Waals surface area contributed by atoms with E-state index in [4.69, 9.17) is 4.84 Å². The number of rotatable bonds is 2. The molecule has 0 aromatic heterocycles. The van der Waals surface area contributed by atoms with Crippen molar-refractivity contribution in [3.63, 3.8) is 0 Å². The van der Waals surface area contributed by atoms with E-state index in [9.17, 15) is 0 Å². The van der Waals surface area contributed by atoms with Gasteiger partial charge in [0.25, 0.3) is 0 Å². The van der Waals surface area contributed by atoms with Gasteiger partial charge in [-0.2, -0.15) is 0 Å². The molecule has 1 fully saturated rings. The van der Waals surface area contributed by atoms with E-state index in [0.717, 1.165) is 11.6 Å². The number of hydrogen-bond donors (Lipinski definition) is 0. The average Bonchev–Trinajstić information content (AvgIpc) is 1.99. The Bertz CT molecular complexity index is 257. The lowest BCUT2D eigenvalue weighted by molar-refractivity contribution is 0.103. The fourth-order valence-electron chi connectivity index (χ4n) is 3.51. The fourth-order valence-corrected chi connectivity index (χ4v) is 3.51. The Balaban J connectivity index is 2.88. The lowest BCUT2D eigenvalue weighted by Gasteiger charge is -2.45. The topological polar surface area (TPSA) is 21.6 Å². The van der Waals surface area contributed by atoms with Crippen molar-refractivity contribution in [2.75, 3.05) is 7.11 Å². The molecule has 0 aromatic carbocycles. The zero-order valence-electron chi connectivity index (χ0n) is 11.1. The van der Waals surface area contributed by atoms with Crippen molar-refractivity contribution in [1.82, 2.24) is 0 Å². The minimum atomic E-state index is 0.219. The van der Waals surface area contributed by atoms with Crippen molar-refractivity contribution >= 4 is 5.71 Å². The zero-order valence-corrected chi connectivity index (χ0v) is 11.1. The van der Waals surface area contributed by atoms with Crippen LogP contribution in [0.15, 0.2) is 5.16 Å². The summed E-state index contributed by atoms with van der Waals surface area (Å²) in [6, 6.07) is 0. The lowest BCUT2D eigenvalue weighted by atomic mass is 9.59. The number of hydrogen-bond acceptors (Lipinski definition) is 2. The van der Waals surface area contributed by atoms with Crippen LogP contribution in [-0.4, -0.2) is 12.8 Å². The smallest absolute Gasteiger partial charge is 0.106 e. The van der Waals surface area contributed by atoms with Crippen LogP contribution < -0.4 is 0 Å². The van der Waals surface area contributed by atoms with Gasteiger partial charge >= 0.3 is 0 Å². The molecule has 0 spiro atoms. The Hall–Kier alpha value is -0.530. The van der Waals surface area contributed by atoms with E-state index >= 15 is 0 Å². The summed E-state index contributed by atoms with van der Waals surface area (Å²) < 4.78 is 0. The van der Waals surface area contributed by atoms with Gasteiger partial charge in [0, 0.05) is 5.41 Å². The van der Waals surface area contributed by atoms with Crippen molar-refractivity contribution < 1.29 is 4.84 Å². The van der Waals surface area contributed by atoms with Gasteiger partial charge in [0.05, 0.1) is 5.71 Å². The Labute approximate surface area is 94.1 Å². The largest absolute Gasteiger partial charge is 0.399 e. The van der Waals surface area contributed by atoms with Crippen LogP contribution in [-0.2, 0) is 4.84 Å². The highest BCUT2D eigenvalue weighted by atomic mass is 16.6. The third kappa shape index (κ3) is 2.96. The second-order valence-corrected chi connectivity index (χ2v) is 6.27. The van der Waals surface area contributed by atoms with E-state index < -0.39 is 0 Å². The van der Waals surface area contributed by atoms with E-state index in [-0.39, 0.29) is 5.41 Å². The van der Waals surface area contributed by atoms with Crippen LogP contribution >= 0.6 is 0 Å². The molecule has 88 valence electrons. The highest BCUT2D eigenvalue weighted by Crippen LogP contribution is 2.49. The van der Waals surface area contributed by atoms with Crippen molar-refractivity contribution in [2.24, 2.45) is 21.9 Å². The molecule has 1 aliphatic rings.